The largest absolute Gasteiger partial charge is 0.376 e. The SMILES string of the molecule is C/C(=C(\CC(C)C)NC(c1cc(C)cc(C)c1)c1cccc(-c2cccc3ccccc23)n1)C(C)C. The summed E-state index contributed by atoms with van der Waals surface area (Å²) in [6, 6.07) is 28.3. The number of allylic oxidation sites excluding steroid dienone is 2. The molecule has 3 aromatic carbocycles. The van der Waals surface area contributed by atoms with E-state index in [1.807, 2.05) is 0 Å². The van der Waals surface area contributed by atoms with Crippen molar-refractivity contribution in [2.24, 2.45) is 11.8 Å². The van der Waals surface area contributed by atoms with Gasteiger partial charge in [-0.05, 0) is 67.5 Å². The molecule has 1 atom stereocenters. The fraction of sp³-hybridized carbons (Fsp3) is 0.324. The highest BCUT2D eigenvalue weighted by Gasteiger charge is 2.21. The Balaban J connectivity index is 1.86. The standard InChI is InChI=1S/C34H40N2/c1-22(2)18-33(26(7)23(3)4)36-34(28-20-24(5)19-25(6)21-28)32-17-11-16-31(35-32)30-15-10-13-27-12-8-9-14-29(27)30/h8-17,19-23,34,36H,18H2,1-7H3/b33-26-. The van der Waals surface area contributed by atoms with Crippen molar-refractivity contribution in [3.63, 3.8) is 0 Å². The van der Waals surface area contributed by atoms with Crippen LogP contribution in [0.1, 0.15) is 69.5 Å². The van der Waals surface area contributed by atoms with Crippen LogP contribution in [0.4, 0.5) is 0 Å². The molecule has 0 saturated carbocycles. The van der Waals surface area contributed by atoms with Gasteiger partial charge in [-0.3, -0.25) is 4.98 Å². The van der Waals surface area contributed by atoms with Crippen molar-refractivity contribution < 1.29 is 0 Å². The van der Waals surface area contributed by atoms with Crippen LogP contribution in [0, 0.1) is 25.7 Å². The Labute approximate surface area is 217 Å². The summed E-state index contributed by atoms with van der Waals surface area (Å²) in [4.78, 5) is 5.28. The highest BCUT2D eigenvalue weighted by molar-refractivity contribution is 5.95. The molecule has 4 rings (SSSR count). The average Bonchev–Trinajstić information content (AvgIpc) is 2.85. The lowest BCUT2D eigenvalue weighted by molar-refractivity contribution is 0.551. The maximum atomic E-state index is 5.28. The van der Waals surface area contributed by atoms with E-state index in [0.717, 1.165) is 17.8 Å². The highest BCUT2D eigenvalue weighted by Crippen LogP contribution is 2.31. The van der Waals surface area contributed by atoms with Crippen LogP contribution >= 0.6 is 0 Å². The maximum absolute atomic E-state index is 5.28. The average molecular weight is 477 g/mol. The second-order valence-electron chi connectivity index (χ2n) is 10.9. The van der Waals surface area contributed by atoms with Crippen LogP contribution in [-0.4, -0.2) is 4.98 Å². The number of pyridine rings is 1. The van der Waals surface area contributed by atoms with Crippen molar-refractivity contribution in [1.82, 2.24) is 10.3 Å². The predicted molar refractivity (Wildman–Crippen MR) is 155 cm³/mol. The zero-order chi connectivity index (χ0) is 25.8. The number of rotatable bonds is 8. The zero-order valence-corrected chi connectivity index (χ0v) is 22.9. The molecule has 0 radical (unpaired) electrons. The molecule has 4 aromatic rings. The van der Waals surface area contributed by atoms with Crippen molar-refractivity contribution >= 4 is 10.8 Å². The van der Waals surface area contributed by atoms with Crippen molar-refractivity contribution in [3.8, 4) is 11.3 Å². The van der Waals surface area contributed by atoms with Gasteiger partial charge in [-0.25, -0.2) is 0 Å². The first-order valence-electron chi connectivity index (χ1n) is 13.2. The summed E-state index contributed by atoms with van der Waals surface area (Å²) in [5.41, 5.74) is 9.79. The minimum Gasteiger partial charge on any atom is -0.376 e. The van der Waals surface area contributed by atoms with E-state index in [-0.39, 0.29) is 6.04 Å². The van der Waals surface area contributed by atoms with Crippen LogP contribution in [-0.2, 0) is 0 Å². The molecule has 36 heavy (non-hydrogen) atoms. The lowest BCUT2D eigenvalue weighted by atomic mass is 9.94. The van der Waals surface area contributed by atoms with Crippen molar-refractivity contribution in [2.45, 2.75) is 60.9 Å². The van der Waals surface area contributed by atoms with E-state index in [1.54, 1.807) is 0 Å². The van der Waals surface area contributed by atoms with Gasteiger partial charge in [0.25, 0.3) is 0 Å². The third-order valence-corrected chi connectivity index (χ3v) is 6.98. The fourth-order valence-corrected chi connectivity index (χ4v) is 4.98. The molecule has 1 heterocycles. The van der Waals surface area contributed by atoms with E-state index < -0.39 is 0 Å². The lowest BCUT2D eigenvalue weighted by Gasteiger charge is -2.27. The third kappa shape index (κ3) is 5.87. The monoisotopic (exact) mass is 476 g/mol. The van der Waals surface area contributed by atoms with Gasteiger partial charge in [0, 0.05) is 11.3 Å². The van der Waals surface area contributed by atoms with Gasteiger partial charge in [0.05, 0.1) is 17.4 Å². The van der Waals surface area contributed by atoms with Crippen LogP contribution in [0.15, 0.2) is 90.1 Å². The molecule has 0 bridgehead atoms. The summed E-state index contributed by atoms with van der Waals surface area (Å²) in [7, 11) is 0. The summed E-state index contributed by atoms with van der Waals surface area (Å²) in [6.45, 7) is 15.8. The predicted octanol–water partition coefficient (Wildman–Crippen LogP) is 9.17. The van der Waals surface area contributed by atoms with Crippen molar-refractivity contribution in [2.75, 3.05) is 0 Å². The second-order valence-corrected chi connectivity index (χ2v) is 10.9. The summed E-state index contributed by atoms with van der Waals surface area (Å²) in [6.07, 6.45) is 1.02. The molecular weight excluding hydrogens is 436 g/mol. The summed E-state index contributed by atoms with van der Waals surface area (Å²) in [5.74, 6) is 1.05. The first kappa shape index (κ1) is 25.7. The van der Waals surface area contributed by atoms with Gasteiger partial charge in [0.15, 0.2) is 0 Å². The number of hydrogen-bond acceptors (Lipinski definition) is 2. The van der Waals surface area contributed by atoms with Crippen LogP contribution in [0.5, 0.6) is 0 Å². The molecule has 0 fully saturated rings. The lowest BCUT2D eigenvalue weighted by Crippen LogP contribution is -2.26. The Hall–Kier alpha value is -3.39. The number of aromatic nitrogens is 1. The Morgan fingerprint density at radius 2 is 1.47 bits per heavy atom. The Morgan fingerprint density at radius 1 is 0.806 bits per heavy atom. The second kappa shape index (κ2) is 11.1. The summed E-state index contributed by atoms with van der Waals surface area (Å²) < 4.78 is 0. The molecular formula is C34H40N2. The van der Waals surface area contributed by atoms with Crippen LogP contribution in [0.3, 0.4) is 0 Å². The number of fused-ring (bicyclic) bond motifs is 1. The highest BCUT2D eigenvalue weighted by atomic mass is 15.0. The molecule has 0 amide bonds. The smallest absolute Gasteiger partial charge is 0.0938 e. The van der Waals surface area contributed by atoms with Crippen LogP contribution < -0.4 is 5.32 Å². The Kier molecular flexibility index (Phi) is 7.94. The minimum absolute atomic E-state index is 0.0269. The first-order valence-corrected chi connectivity index (χ1v) is 13.2. The molecule has 1 unspecified atom stereocenters. The van der Waals surface area contributed by atoms with Crippen LogP contribution in [0.2, 0.25) is 0 Å². The number of nitrogens with one attached hydrogen (secondary N) is 1. The third-order valence-electron chi connectivity index (χ3n) is 6.98. The van der Waals surface area contributed by atoms with E-state index in [9.17, 15) is 0 Å². The van der Waals surface area contributed by atoms with Gasteiger partial charge in [-0.1, -0.05) is 111 Å². The van der Waals surface area contributed by atoms with Gasteiger partial charge >= 0.3 is 0 Å². The fourth-order valence-electron chi connectivity index (χ4n) is 4.98. The minimum atomic E-state index is -0.0269. The molecule has 0 saturated heterocycles. The molecule has 1 aromatic heterocycles. The molecule has 186 valence electrons. The molecule has 0 aliphatic heterocycles. The molecule has 0 aliphatic rings. The van der Waals surface area contributed by atoms with E-state index in [0.29, 0.717) is 11.8 Å². The molecule has 0 aliphatic carbocycles. The topological polar surface area (TPSA) is 24.9 Å². The van der Waals surface area contributed by atoms with Gasteiger partial charge in [0.2, 0.25) is 0 Å². The van der Waals surface area contributed by atoms with E-state index >= 15 is 0 Å². The quantitative estimate of drug-likeness (QED) is 0.274. The maximum Gasteiger partial charge on any atom is 0.0938 e. The summed E-state index contributed by atoms with van der Waals surface area (Å²) >= 11 is 0. The van der Waals surface area contributed by atoms with Gasteiger partial charge in [-0.15, -0.1) is 0 Å². The summed E-state index contributed by atoms with van der Waals surface area (Å²) in [5, 5.41) is 6.46. The molecule has 2 nitrogen and oxygen atoms in total. The number of hydrogen-bond donors (Lipinski definition) is 1. The first-order chi connectivity index (χ1) is 17.2. The Bertz CT molecular complexity index is 1350. The number of benzene rings is 3. The molecule has 2 heteroatoms. The number of aryl methyl sites for hydroxylation is 2. The normalized spacial score (nSPS) is 13.2. The van der Waals surface area contributed by atoms with Crippen LogP contribution in [0.25, 0.3) is 22.0 Å². The van der Waals surface area contributed by atoms with Gasteiger partial charge < -0.3 is 5.32 Å². The van der Waals surface area contributed by atoms with E-state index in [2.05, 4.69) is 133 Å². The van der Waals surface area contributed by atoms with Crippen molar-refractivity contribution in [3.05, 3.63) is 113 Å². The van der Waals surface area contributed by atoms with Gasteiger partial charge in [0.1, 0.15) is 0 Å². The van der Waals surface area contributed by atoms with Gasteiger partial charge in [-0.2, -0.15) is 0 Å². The van der Waals surface area contributed by atoms with E-state index in [4.69, 9.17) is 4.98 Å². The van der Waals surface area contributed by atoms with E-state index in [1.165, 1.54) is 44.3 Å². The molecule has 0 spiro atoms. The Morgan fingerprint density at radius 3 is 2.17 bits per heavy atom. The zero-order valence-electron chi connectivity index (χ0n) is 22.9. The number of nitrogens with zero attached hydrogens (tertiary/aromatic N) is 1. The van der Waals surface area contributed by atoms with Crippen molar-refractivity contribution in [1.29, 1.82) is 0 Å². The molecule has 1 N–H and O–H groups in total.